The van der Waals surface area contributed by atoms with Gasteiger partial charge in [-0.1, -0.05) is 100 Å². The molecule has 0 saturated carbocycles. The number of nitrogens with zero attached hydrogens (tertiary/aromatic N) is 1. The molecule has 41 nitrogen and oxygen atoms in total. The van der Waals surface area contributed by atoms with E-state index in [1.54, 1.807) is 68.4 Å². The molecule has 0 aliphatic carbocycles. The summed E-state index contributed by atoms with van der Waals surface area (Å²) in [5, 5.41) is 66.8. The Labute approximate surface area is 735 Å². The lowest BCUT2D eigenvalue weighted by Gasteiger charge is -2.31. The summed E-state index contributed by atoms with van der Waals surface area (Å²) in [6, 6.07) is 0.490. The number of nitrogens with two attached hydrogens (primary N) is 1. The van der Waals surface area contributed by atoms with E-state index in [4.69, 9.17) is 15.2 Å². The molecular formula is C87H111N17O24. The van der Waals surface area contributed by atoms with Crippen molar-refractivity contribution in [1.29, 1.82) is 0 Å². The smallest absolute Gasteiger partial charge is 0.326 e. The molecule has 4 aliphatic rings. The number of carboxylic acids is 1. The number of hydrogen-bond acceptors (Lipinski definition) is 23. The van der Waals surface area contributed by atoms with Crippen molar-refractivity contribution in [2.75, 3.05) is 19.7 Å². The molecular weight excluding hydrogens is 1670 g/mol. The SMILES string of the molecule is CC(=O)N[C@@H](Cc1ccc(O)cc1)C(=O)N[C@@H](CC(N)=O)C(=O)N[C@H](C(=O)N[C@@H]1C(=O)N[C@@H](CC(C)C)C(=O)N[C@H]2CCCCNC(=O)CC[C@@H](C(=O)N[C@@H](Cc3ccccc3)C(=O)O)NC(=O)[C@H]3CCC(=O)OC[C@H](NC(=O)[C@@H]4CCCN4C(=O)[C@H](Cc4ccc(O)cc4)NC2=O)C(=O)N[C@@H](CC(=O)O[C@@H]1C)C(=O)N[C@@H](Cc1c[nH]c2ccccc12)C(=O)N3)C(C)C. The number of hydrogen-bond donors (Lipinski definition) is 19. The van der Waals surface area contributed by atoms with E-state index in [-0.39, 0.29) is 82.4 Å². The predicted molar refractivity (Wildman–Crippen MR) is 453 cm³/mol. The molecule has 41 heteroatoms. The van der Waals surface area contributed by atoms with Crippen LogP contribution >= 0.6 is 0 Å². The Balaban J connectivity index is 1.18. The number of esters is 2. The minimum absolute atomic E-state index is 0.0150. The van der Waals surface area contributed by atoms with Crippen molar-refractivity contribution in [2.24, 2.45) is 17.6 Å². The number of aromatic nitrogens is 1. The van der Waals surface area contributed by atoms with Crippen LogP contribution in [0.4, 0.5) is 0 Å². The number of ether oxygens (including phenoxy) is 2. The third-order valence-corrected chi connectivity index (χ3v) is 22.0. The summed E-state index contributed by atoms with van der Waals surface area (Å²) in [5.41, 5.74) is 7.74. The van der Waals surface area contributed by atoms with Crippen LogP contribution < -0.4 is 80.2 Å². The van der Waals surface area contributed by atoms with Crippen LogP contribution in [0.1, 0.15) is 141 Å². The number of cyclic esters (lactones) is 1. The molecule has 16 amide bonds. The number of rotatable bonds is 23. The first-order chi connectivity index (χ1) is 60.9. The van der Waals surface area contributed by atoms with Crippen molar-refractivity contribution in [3.63, 3.8) is 0 Å². The summed E-state index contributed by atoms with van der Waals surface area (Å²) in [5.74, 6) is -23.7. The third-order valence-electron chi connectivity index (χ3n) is 22.0. The van der Waals surface area contributed by atoms with Gasteiger partial charge in [0.05, 0.1) is 12.8 Å². The molecule has 20 N–H and O–H groups in total. The van der Waals surface area contributed by atoms with Gasteiger partial charge in [0.25, 0.3) is 0 Å². The number of para-hydroxylation sites is 1. The van der Waals surface area contributed by atoms with Crippen molar-refractivity contribution < 1.29 is 116 Å². The Morgan fingerprint density at radius 2 is 1.12 bits per heavy atom. The number of aliphatic carboxylic acids is 1. The van der Waals surface area contributed by atoms with E-state index in [1.807, 2.05) is 0 Å². The number of H-pyrrole nitrogens is 1. The summed E-state index contributed by atoms with van der Waals surface area (Å²) < 4.78 is 11.6. The summed E-state index contributed by atoms with van der Waals surface area (Å²) in [7, 11) is 0. The number of phenols is 2. The van der Waals surface area contributed by atoms with Gasteiger partial charge in [0, 0.05) is 75.6 Å². The zero-order chi connectivity index (χ0) is 93.2. The fourth-order valence-electron chi connectivity index (χ4n) is 15.2. The highest BCUT2D eigenvalue weighted by molar-refractivity contribution is 6.03. The van der Waals surface area contributed by atoms with E-state index in [0.717, 1.165) is 18.7 Å². The van der Waals surface area contributed by atoms with Crippen LogP contribution in [-0.4, -0.2) is 248 Å². The fraction of sp³-hybridized carbons (Fsp3) is 0.483. The largest absolute Gasteiger partial charge is 0.508 e. The lowest BCUT2D eigenvalue weighted by atomic mass is 9.99. The van der Waals surface area contributed by atoms with Gasteiger partial charge >= 0.3 is 17.9 Å². The predicted octanol–water partition coefficient (Wildman–Crippen LogP) is -2.42. The molecule has 5 heterocycles. The number of phenolic OH excluding ortho intramolecular Hbond substituents is 2. The van der Waals surface area contributed by atoms with Crippen LogP contribution in [0.5, 0.6) is 11.5 Å². The van der Waals surface area contributed by atoms with E-state index >= 15 is 52.7 Å². The Kier molecular flexibility index (Phi) is 35.3. The summed E-state index contributed by atoms with van der Waals surface area (Å²) in [4.78, 5) is 283. The lowest BCUT2D eigenvalue weighted by molar-refractivity contribution is -0.154. The number of carboxylic acid groups (broad SMARTS) is 1. The van der Waals surface area contributed by atoms with Gasteiger partial charge in [-0.05, 0) is 123 Å². The molecule has 0 radical (unpaired) electrons. The number of benzene rings is 4. The minimum Gasteiger partial charge on any atom is -0.508 e. The molecule has 0 unspecified atom stereocenters. The highest BCUT2D eigenvalue weighted by Crippen LogP contribution is 2.25. The number of amides is 16. The zero-order valence-corrected chi connectivity index (χ0v) is 71.6. The van der Waals surface area contributed by atoms with E-state index < -0.39 is 267 Å². The van der Waals surface area contributed by atoms with E-state index in [0.29, 0.717) is 33.2 Å². The number of carbonyl (C=O) groups excluding carboxylic acids is 18. The Morgan fingerprint density at radius 1 is 0.539 bits per heavy atom. The van der Waals surface area contributed by atoms with Gasteiger partial charge in [-0.15, -0.1) is 0 Å². The van der Waals surface area contributed by atoms with Gasteiger partial charge in [-0.2, -0.15) is 0 Å². The van der Waals surface area contributed by atoms with Crippen LogP contribution in [0.25, 0.3) is 10.9 Å². The lowest BCUT2D eigenvalue weighted by Crippen LogP contribution is -2.63. The van der Waals surface area contributed by atoms with Gasteiger partial charge in [-0.3, -0.25) is 86.3 Å². The molecule has 688 valence electrons. The Morgan fingerprint density at radius 3 is 1.79 bits per heavy atom. The maximum atomic E-state index is 15.6. The van der Waals surface area contributed by atoms with Crippen molar-refractivity contribution in [3.05, 3.63) is 132 Å². The van der Waals surface area contributed by atoms with Crippen LogP contribution in [0, 0.1) is 11.8 Å². The maximum Gasteiger partial charge on any atom is 0.326 e. The van der Waals surface area contributed by atoms with Gasteiger partial charge in [-0.25, -0.2) is 4.79 Å². The van der Waals surface area contributed by atoms with Crippen LogP contribution in [0.2, 0.25) is 0 Å². The number of aromatic amines is 1. The molecule has 128 heavy (non-hydrogen) atoms. The van der Waals surface area contributed by atoms with Crippen molar-refractivity contribution >= 4 is 123 Å². The molecule has 4 aromatic carbocycles. The van der Waals surface area contributed by atoms with Crippen LogP contribution in [-0.2, 0) is 126 Å². The zero-order valence-electron chi connectivity index (χ0n) is 71.6. The molecule has 4 saturated heterocycles. The maximum absolute atomic E-state index is 15.6. The molecule has 15 atom stereocenters. The highest BCUT2D eigenvalue weighted by Gasteiger charge is 2.45. The molecule has 9 rings (SSSR count). The molecule has 0 spiro atoms. The van der Waals surface area contributed by atoms with Gasteiger partial charge < -0.3 is 115 Å². The number of fused-ring (bicyclic) bond motifs is 13. The quantitative estimate of drug-likeness (QED) is 0.0303. The van der Waals surface area contributed by atoms with Crippen molar-refractivity contribution in [1.82, 2.24) is 84.3 Å². The monoisotopic (exact) mass is 1780 g/mol. The first kappa shape index (κ1) is 97.8. The molecule has 4 bridgehead atoms. The van der Waals surface area contributed by atoms with Crippen LogP contribution in [0.15, 0.2) is 109 Å². The summed E-state index contributed by atoms with van der Waals surface area (Å²) in [6.45, 7) is 6.90. The van der Waals surface area contributed by atoms with Gasteiger partial charge in [0.15, 0.2) is 0 Å². The first-order valence-corrected chi connectivity index (χ1v) is 42.4. The normalized spacial score (nSPS) is 23.5. The van der Waals surface area contributed by atoms with Crippen LogP contribution in [0.3, 0.4) is 0 Å². The van der Waals surface area contributed by atoms with E-state index in [1.165, 1.54) is 68.6 Å². The highest BCUT2D eigenvalue weighted by atomic mass is 16.5. The number of nitrogens with one attached hydrogen (secondary N) is 15. The van der Waals surface area contributed by atoms with E-state index in [2.05, 4.69) is 79.4 Å². The summed E-state index contributed by atoms with van der Waals surface area (Å²) in [6.07, 6.45) is -7.23. The fourth-order valence-corrected chi connectivity index (χ4v) is 15.2. The van der Waals surface area contributed by atoms with Gasteiger partial charge in [0.1, 0.15) is 109 Å². The summed E-state index contributed by atoms with van der Waals surface area (Å²) >= 11 is 0. The number of primary amides is 1. The molecule has 4 fully saturated rings. The topological polar surface area (TPSA) is 617 Å². The second-order valence-electron chi connectivity index (χ2n) is 32.9. The average molecular weight is 1780 g/mol. The molecule has 5 aromatic rings. The van der Waals surface area contributed by atoms with E-state index in [9.17, 15) is 53.7 Å². The molecule has 1 aromatic heterocycles. The second kappa shape index (κ2) is 46.2. The van der Waals surface area contributed by atoms with Gasteiger partial charge in [0.2, 0.25) is 94.5 Å². The standard InChI is InChI=1S/C87H111N17O24/c1-44(2)35-59-77(115)92-56-19-12-13-33-89-69(109)31-29-57(76(114)100-65(87(125)126)38-48-15-8-7-9-16-48)93-75(113)58-30-32-70(110)127-43-66(101-83(121)67-20-14-34-104(67)86(124)64(99-74(56)112)37-50-23-27-53(107)28-24-50)82(120)97-63(80(118)95-61(79(117)94-58)39-51-42-90-55-18-11-10-17-54(51)55)41-71(111)128-46(5)73(85(123)98-59)103-84(122)72(45(3)4)102-81(119)62(40-68(88)108)96-78(116)60(91-47(6)105)36-49-21-25-52(106)26-22-49/h7-11,15-18,21-28,42,44-46,56-67,72-73,90,106-107H,12-14,19-20,29-41,43H2,1-6H3,(H2,88,108)(H,89,109)(H,91,105)(H,92,115)(H,93,113)(H,94,117)(H,95,118)(H,96,116)(H,97,120)(H,98,123)(H,99,112)(H,100,114)(H,101,121)(H,102,119)(H,103,122)(H,125,126)/t46-,56+,57+,58-,59+,60+,61+,62+,63+,64+,65+,66+,67+,72+,73+/m1/s1. The minimum atomic E-state index is -2.29. The average Bonchev–Trinajstić information content (AvgIpc) is 1.64. The molecule has 4 aliphatic heterocycles. The third kappa shape index (κ3) is 28.7. The van der Waals surface area contributed by atoms with Crippen molar-refractivity contribution in [2.45, 2.75) is 235 Å². The second-order valence-corrected chi connectivity index (χ2v) is 32.9. The number of carbonyl (C=O) groups is 19. The van der Waals surface area contributed by atoms with Crippen molar-refractivity contribution in [3.8, 4) is 11.5 Å². The first-order valence-electron chi connectivity index (χ1n) is 42.4. The Hall–Kier alpha value is -14.1. The Bertz CT molecular complexity index is 4910. The number of aromatic hydroxyl groups is 2.